The van der Waals surface area contributed by atoms with Gasteiger partial charge in [-0.3, -0.25) is 0 Å². The summed E-state index contributed by atoms with van der Waals surface area (Å²) < 4.78 is 20.1. The van der Waals surface area contributed by atoms with Crippen molar-refractivity contribution in [2.75, 3.05) is 10.9 Å². The fraction of sp³-hybridized carbons (Fsp3) is 0.294. The van der Waals surface area contributed by atoms with Gasteiger partial charge in [0.1, 0.15) is 17.1 Å². The zero-order chi connectivity index (χ0) is 14.7. The highest BCUT2D eigenvalue weighted by molar-refractivity contribution is 7.93. The van der Waals surface area contributed by atoms with Gasteiger partial charge in [-0.2, -0.15) is 4.31 Å². The Labute approximate surface area is 128 Å². The molecule has 4 heteroatoms. The lowest BCUT2D eigenvalue weighted by atomic mass is 10.2. The van der Waals surface area contributed by atoms with Gasteiger partial charge in [0.15, 0.2) is 4.90 Å². The molecule has 0 spiro atoms. The minimum Gasteiger partial charge on any atom is -0.588 e. The second-order valence-corrected chi connectivity index (χ2v) is 6.47. The van der Waals surface area contributed by atoms with Crippen LogP contribution in [0.5, 0.6) is 5.75 Å². The number of fused-ring (bicyclic) bond motifs is 1. The van der Waals surface area contributed by atoms with Crippen LogP contribution in [0.1, 0.15) is 25.3 Å². The maximum Gasteiger partial charge on any atom is 0.185 e. The number of hydrogen-bond acceptors (Lipinski definition) is 3. The van der Waals surface area contributed by atoms with Gasteiger partial charge in [-0.05, 0) is 36.8 Å². The highest BCUT2D eigenvalue weighted by Crippen LogP contribution is 2.34. The number of rotatable bonds is 5. The van der Waals surface area contributed by atoms with Crippen molar-refractivity contribution in [2.45, 2.75) is 31.2 Å². The van der Waals surface area contributed by atoms with Crippen molar-refractivity contribution in [3.63, 3.8) is 0 Å². The summed E-state index contributed by atoms with van der Waals surface area (Å²) in [4.78, 5) is 0.917. The van der Waals surface area contributed by atoms with Crippen LogP contribution in [0, 0.1) is 0 Å². The topological polar surface area (TPSA) is 35.5 Å². The van der Waals surface area contributed by atoms with Gasteiger partial charge in [-0.15, -0.1) is 0 Å². The zero-order valence-electron chi connectivity index (χ0n) is 12.1. The predicted octanol–water partition coefficient (Wildman–Crippen LogP) is 3.91. The van der Waals surface area contributed by atoms with Crippen molar-refractivity contribution in [3.05, 3.63) is 54.1 Å². The van der Waals surface area contributed by atoms with Crippen LogP contribution in [0.4, 0.5) is 5.69 Å². The summed E-state index contributed by atoms with van der Waals surface area (Å²) in [5, 5.41) is 0. The summed E-state index contributed by atoms with van der Waals surface area (Å²) in [6.45, 7) is 3.59. The van der Waals surface area contributed by atoms with Gasteiger partial charge in [0.05, 0.1) is 18.8 Å². The van der Waals surface area contributed by atoms with Crippen LogP contribution in [0.3, 0.4) is 0 Å². The second-order valence-electron chi connectivity index (χ2n) is 5.09. The minimum absolute atomic E-state index is 0.693. The van der Waals surface area contributed by atoms with Crippen LogP contribution in [-0.4, -0.2) is 11.2 Å². The monoisotopic (exact) mass is 301 g/mol. The maximum absolute atomic E-state index is 12.5. The van der Waals surface area contributed by atoms with Crippen LogP contribution in [-0.2, 0) is 17.9 Å². The van der Waals surface area contributed by atoms with E-state index in [2.05, 4.69) is 6.92 Å². The molecular weight excluding hydrogens is 282 g/mol. The molecule has 0 fully saturated rings. The van der Waals surface area contributed by atoms with Gasteiger partial charge in [0, 0.05) is 5.56 Å². The lowest BCUT2D eigenvalue weighted by molar-refractivity contribution is 0.309. The Kier molecular flexibility index (Phi) is 4.36. The zero-order valence-corrected chi connectivity index (χ0v) is 12.9. The van der Waals surface area contributed by atoms with Crippen molar-refractivity contribution in [1.29, 1.82) is 0 Å². The van der Waals surface area contributed by atoms with Gasteiger partial charge in [-0.25, -0.2) is 0 Å². The normalized spacial score (nSPS) is 16.9. The van der Waals surface area contributed by atoms with Crippen LogP contribution >= 0.6 is 0 Å². The van der Waals surface area contributed by atoms with E-state index in [4.69, 9.17) is 4.74 Å². The Balaban J connectivity index is 1.71. The molecule has 0 bridgehead atoms. The largest absolute Gasteiger partial charge is 0.588 e. The van der Waals surface area contributed by atoms with Crippen molar-refractivity contribution in [1.82, 2.24) is 0 Å². The van der Waals surface area contributed by atoms with Gasteiger partial charge in [0.25, 0.3) is 0 Å². The van der Waals surface area contributed by atoms with Crippen LogP contribution < -0.4 is 9.04 Å². The van der Waals surface area contributed by atoms with Gasteiger partial charge in [-0.1, -0.05) is 31.5 Å². The fourth-order valence-electron chi connectivity index (χ4n) is 2.37. The highest BCUT2D eigenvalue weighted by atomic mass is 32.2. The van der Waals surface area contributed by atoms with E-state index in [1.807, 2.05) is 52.8 Å². The third-order valence-electron chi connectivity index (χ3n) is 3.57. The predicted molar refractivity (Wildman–Crippen MR) is 85.9 cm³/mol. The highest BCUT2D eigenvalue weighted by Gasteiger charge is 2.33. The number of hydrogen-bond donors (Lipinski definition) is 0. The molecule has 21 heavy (non-hydrogen) atoms. The molecule has 0 radical (unpaired) electrons. The quantitative estimate of drug-likeness (QED) is 0.620. The van der Waals surface area contributed by atoms with Gasteiger partial charge < -0.3 is 9.29 Å². The fourth-order valence-corrected chi connectivity index (χ4v) is 3.73. The molecule has 1 unspecified atom stereocenters. The smallest absolute Gasteiger partial charge is 0.185 e. The van der Waals surface area contributed by atoms with E-state index in [-0.39, 0.29) is 0 Å². The molecule has 1 aliphatic heterocycles. The standard InChI is InChI=1S/C17H19NO2S/c1-2-3-12-20-16-10-8-15(9-11-16)18-13-14-6-4-5-7-17(14)21(18)19/h4-11H,2-3,12-13H2,1H3. The van der Waals surface area contributed by atoms with E-state index in [0.29, 0.717) is 6.54 Å². The van der Waals surface area contributed by atoms with Gasteiger partial charge in [0.2, 0.25) is 0 Å². The molecule has 0 saturated heterocycles. The van der Waals surface area contributed by atoms with E-state index >= 15 is 0 Å². The minimum atomic E-state index is -1.11. The Hall–Kier alpha value is -1.65. The van der Waals surface area contributed by atoms with E-state index in [1.165, 1.54) is 0 Å². The molecule has 1 atom stereocenters. The Bertz CT molecular complexity index is 600. The Morgan fingerprint density at radius 3 is 2.62 bits per heavy atom. The molecule has 3 nitrogen and oxygen atoms in total. The maximum atomic E-state index is 12.5. The number of benzene rings is 2. The first-order valence-corrected chi connectivity index (χ1v) is 8.40. The first-order chi connectivity index (χ1) is 10.3. The lowest BCUT2D eigenvalue weighted by Gasteiger charge is -2.18. The Morgan fingerprint density at radius 2 is 1.90 bits per heavy atom. The molecule has 1 aliphatic rings. The molecule has 0 aromatic heterocycles. The lowest BCUT2D eigenvalue weighted by Crippen LogP contribution is -2.23. The molecule has 3 rings (SSSR count). The number of nitrogens with zero attached hydrogens (tertiary/aromatic N) is 1. The summed E-state index contributed by atoms with van der Waals surface area (Å²) in [5.74, 6) is 0.870. The molecule has 2 aromatic carbocycles. The van der Waals surface area contributed by atoms with E-state index < -0.39 is 11.4 Å². The second kappa shape index (κ2) is 6.41. The van der Waals surface area contributed by atoms with Crippen LogP contribution in [0.25, 0.3) is 0 Å². The molecule has 1 heterocycles. The molecule has 110 valence electrons. The van der Waals surface area contributed by atoms with Crippen molar-refractivity contribution in [2.24, 2.45) is 0 Å². The number of unbranched alkanes of at least 4 members (excludes halogenated alkanes) is 1. The molecular formula is C17H19NO2S. The summed E-state index contributed by atoms with van der Waals surface area (Å²) in [6, 6.07) is 15.8. The van der Waals surface area contributed by atoms with E-state index in [9.17, 15) is 4.55 Å². The first-order valence-electron chi connectivity index (χ1n) is 7.30. The molecule has 0 amide bonds. The SMILES string of the molecule is CCCCOc1ccc(N2Cc3ccccc3[S+]2[O-])cc1. The third-order valence-corrected chi connectivity index (χ3v) is 5.08. The summed E-state index contributed by atoms with van der Waals surface area (Å²) in [7, 11) is 0. The molecule has 0 N–H and O–H groups in total. The Morgan fingerprint density at radius 1 is 1.14 bits per heavy atom. The van der Waals surface area contributed by atoms with Gasteiger partial charge >= 0.3 is 0 Å². The summed E-state index contributed by atoms with van der Waals surface area (Å²) >= 11 is -1.11. The summed E-state index contributed by atoms with van der Waals surface area (Å²) in [5.41, 5.74) is 2.10. The number of ether oxygens (including phenoxy) is 1. The first kappa shape index (κ1) is 14.3. The van der Waals surface area contributed by atoms with Crippen LogP contribution in [0.2, 0.25) is 0 Å². The van der Waals surface area contributed by atoms with Crippen molar-refractivity contribution < 1.29 is 9.29 Å². The van der Waals surface area contributed by atoms with Crippen molar-refractivity contribution in [3.8, 4) is 5.75 Å². The van der Waals surface area contributed by atoms with E-state index in [1.54, 1.807) is 0 Å². The number of anilines is 1. The average Bonchev–Trinajstić information content (AvgIpc) is 2.86. The molecule has 2 aromatic rings. The summed E-state index contributed by atoms with van der Waals surface area (Å²) in [6.07, 6.45) is 2.19. The average molecular weight is 301 g/mol. The van der Waals surface area contributed by atoms with E-state index in [0.717, 1.165) is 41.3 Å². The van der Waals surface area contributed by atoms with Crippen molar-refractivity contribution >= 4 is 17.0 Å². The third kappa shape index (κ3) is 3.01. The molecule has 0 aliphatic carbocycles. The molecule has 0 saturated carbocycles. The van der Waals surface area contributed by atoms with Crippen LogP contribution in [0.15, 0.2) is 53.4 Å².